The van der Waals surface area contributed by atoms with Crippen LogP contribution >= 0.6 is 0 Å². The van der Waals surface area contributed by atoms with E-state index in [2.05, 4.69) is 26.8 Å². The Kier molecular flexibility index (Phi) is 4.53. The average molecular weight is 219 g/mol. The average Bonchev–Trinajstić information content (AvgIpc) is 2.16. The smallest absolute Gasteiger partial charge is 0.308 e. The van der Waals surface area contributed by atoms with Crippen molar-refractivity contribution in [2.75, 3.05) is 0 Å². The van der Waals surface area contributed by atoms with Gasteiger partial charge in [-0.1, -0.05) is 33.3 Å². The number of carbonyl (C=O) groups is 1. The molecule has 0 amide bonds. The van der Waals surface area contributed by atoms with Crippen molar-refractivity contribution in [3.63, 3.8) is 0 Å². The zero-order chi connectivity index (χ0) is 12.1. The number of hydrogen-bond donors (Lipinski definition) is 0. The molecule has 0 aliphatic rings. The summed E-state index contributed by atoms with van der Waals surface area (Å²) in [6, 6.07) is 6.01. The maximum Gasteiger partial charge on any atom is 0.308 e. The Hall–Kier alpha value is -1.31. The van der Waals surface area contributed by atoms with Gasteiger partial charge in [0.15, 0.2) is 0 Å². The van der Waals surface area contributed by atoms with Crippen LogP contribution in [0.25, 0.3) is 0 Å². The number of esters is 1. The first-order chi connectivity index (χ1) is 7.52. The summed E-state index contributed by atoms with van der Waals surface area (Å²) in [6.45, 7) is 7.68. The summed E-state index contributed by atoms with van der Waals surface area (Å²) in [7, 11) is 0. The van der Waals surface area contributed by atoms with Crippen LogP contribution in [-0.2, 0) is 11.2 Å². The Morgan fingerprint density at radius 3 is 2.38 bits per heavy atom. The van der Waals surface area contributed by atoms with Crippen molar-refractivity contribution in [3.8, 4) is 5.75 Å². The Balaban J connectivity index is 3.03. The molecule has 0 fully saturated rings. The van der Waals surface area contributed by atoms with Gasteiger partial charge in [0, 0.05) is 6.92 Å². The standard InChI is InChI=1S/C14H19O2/c1-5-6-12-7-13(10(2)3)9-14(8-12)16-11(4)15/h7-9H,5-6H2,1-4H3. The van der Waals surface area contributed by atoms with Gasteiger partial charge in [-0.05, 0) is 35.6 Å². The minimum Gasteiger partial charge on any atom is -0.427 e. The SMILES string of the molecule is CCCc1cc(OC(C)=O)cc([C](C)C)c1. The molecule has 0 atom stereocenters. The molecule has 0 N–H and O–H groups in total. The minimum absolute atomic E-state index is 0.270. The number of hydrogen-bond acceptors (Lipinski definition) is 2. The maximum absolute atomic E-state index is 10.9. The molecule has 87 valence electrons. The van der Waals surface area contributed by atoms with Crippen molar-refractivity contribution in [1.82, 2.24) is 0 Å². The van der Waals surface area contributed by atoms with Crippen LogP contribution in [0.2, 0.25) is 0 Å². The summed E-state index contributed by atoms with van der Waals surface area (Å²) in [5.74, 6) is 1.61. The predicted octanol–water partition coefficient (Wildman–Crippen LogP) is 3.53. The second-order valence-electron chi connectivity index (χ2n) is 4.21. The molecule has 0 saturated carbocycles. The van der Waals surface area contributed by atoms with E-state index in [0.29, 0.717) is 5.75 Å². The number of carbonyl (C=O) groups excluding carboxylic acids is 1. The minimum atomic E-state index is -0.270. The molecular formula is C14H19O2. The van der Waals surface area contributed by atoms with Crippen molar-refractivity contribution in [3.05, 3.63) is 35.2 Å². The van der Waals surface area contributed by atoms with Crippen LogP contribution in [0.15, 0.2) is 18.2 Å². The number of aryl methyl sites for hydroxylation is 1. The van der Waals surface area contributed by atoms with Gasteiger partial charge in [-0.25, -0.2) is 0 Å². The van der Waals surface area contributed by atoms with Crippen molar-refractivity contribution in [2.24, 2.45) is 0 Å². The van der Waals surface area contributed by atoms with Gasteiger partial charge < -0.3 is 4.74 Å². The van der Waals surface area contributed by atoms with Gasteiger partial charge in [-0.3, -0.25) is 4.79 Å². The molecule has 0 bridgehead atoms. The molecule has 0 aromatic heterocycles. The van der Waals surface area contributed by atoms with Gasteiger partial charge in [-0.15, -0.1) is 0 Å². The zero-order valence-electron chi connectivity index (χ0n) is 10.5. The second-order valence-corrected chi connectivity index (χ2v) is 4.21. The summed E-state index contributed by atoms with van der Waals surface area (Å²) in [6.07, 6.45) is 2.10. The lowest BCUT2D eigenvalue weighted by atomic mass is 9.98. The molecule has 0 aliphatic carbocycles. The monoisotopic (exact) mass is 219 g/mol. The molecule has 0 spiro atoms. The van der Waals surface area contributed by atoms with E-state index in [1.165, 1.54) is 18.4 Å². The van der Waals surface area contributed by atoms with Crippen LogP contribution in [0.3, 0.4) is 0 Å². The van der Waals surface area contributed by atoms with Crippen molar-refractivity contribution in [1.29, 1.82) is 0 Å². The number of rotatable bonds is 4. The fourth-order valence-electron chi connectivity index (χ4n) is 1.61. The quantitative estimate of drug-likeness (QED) is 0.572. The topological polar surface area (TPSA) is 26.3 Å². The Bertz CT molecular complexity index is 367. The van der Waals surface area contributed by atoms with E-state index >= 15 is 0 Å². The zero-order valence-corrected chi connectivity index (χ0v) is 10.5. The largest absolute Gasteiger partial charge is 0.427 e. The third-order valence-corrected chi connectivity index (χ3v) is 2.34. The first-order valence-corrected chi connectivity index (χ1v) is 5.66. The van der Waals surface area contributed by atoms with Crippen LogP contribution < -0.4 is 4.74 Å². The van der Waals surface area contributed by atoms with E-state index in [1.807, 2.05) is 12.1 Å². The summed E-state index contributed by atoms with van der Waals surface area (Å²) in [4.78, 5) is 10.9. The molecule has 0 saturated heterocycles. The molecule has 1 aromatic rings. The van der Waals surface area contributed by atoms with Gasteiger partial charge in [0.2, 0.25) is 0 Å². The van der Waals surface area contributed by atoms with E-state index < -0.39 is 0 Å². The molecule has 0 unspecified atom stereocenters. The Morgan fingerprint density at radius 2 is 1.88 bits per heavy atom. The molecule has 16 heavy (non-hydrogen) atoms. The number of benzene rings is 1. The highest BCUT2D eigenvalue weighted by atomic mass is 16.5. The van der Waals surface area contributed by atoms with Crippen LogP contribution in [0, 0.1) is 5.92 Å². The van der Waals surface area contributed by atoms with E-state index in [9.17, 15) is 4.79 Å². The number of ether oxygens (including phenoxy) is 1. The predicted molar refractivity (Wildman–Crippen MR) is 65.4 cm³/mol. The lowest BCUT2D eigenvalue weighted by molar-refractivity contribution is -0.131. The van der Waals surface area contributed by atoms with Gasteiger partial charge >= 0.3 is 5.97 Å². The molecule has 1 aromatic carbocycles. The summed E-state index contributed by atoms with van der Waals surface area (Å²) in [5.41, 5.74) is 2.36. The van der Waals surface area contributed by atoms with Gasteiger partial charge in [0.25, 0.3) is 0 Å². The first kappa shape index (κ1) is 12.8. The second kappa shape index (κ2) is 5.69. The third-order valence-electron chi connectivity index (χ3n) is 2.34. The molecule has 0 aliphatic heterocycles. The summed E-state index contributed by atoms with van der Waals surface area (Å²) in [5, 5.41) is 0. The third kappa shape index (κ3) is 3.69. The van der Waals surface area contributed by atoms with Crippen LogP contribution in [0.4, 0.5) is 0 Å². The summed E-state index contributed by atoms with van der Waals surface area (Å²) < 4.78 is 5.14. The van der Waals surface area contributed by atoms with Crippen LogP contribution in [-0.4, -0.2) is 5.97 Å². The lowest BCUT2D eigenvalue weighted by Crippen LogP contribution is -2.03. The highest BCUT2D eigenvalue weighted by Gasteiger charge is 2.06. The molecule has 2 heteroatoms. The fourth-order valence-corrected chi connectivity index (χ4v) is 1.61. The Morgan fingerprint density at radius 1 is 1.19 bits per heavy atom. The van der Waals surface area contributed by atoms with Crippen LogP contribution in [0.5, 0.6) is 5.75 Å². The maximum atomic E-state index is 10.9. The van der Waals surface area contributed by atoms with Gasteiger partial charge in [0.05, 0.1) is 0 Å². The summed E-state index contributed by atoms with van der Waals surface area (Å²) >= 11 is 0. The first-order valence-electron chi connectivity index (χ1n) is 5.66. The molecule has 1 rings (SSSR count). The van der Waals surface area contributed by atoms with Gasteiger partial charge in [-0.2, -0.15) is 0 Å². The molecule has 0 heterocycles. The van der Waals surface area contributed by atoms with E-state index in [-0.39, 0.29) is 5.97 Å². The molecular weight excluding hydrogens is 200 g/mol. The normalized spacial score (nSPS) is 10.6. The highest BCUT2D eigenvalue weighted by molar-refractivity contribution is 5.69. The van der Waals surface area contributed by atoms with E-state index in [4.69, 9.17) is 4.74 Å². The fraction of sp³-hybridized carbons (Fsp3) is 0.429. The van der Waals surface area contributed by atoms with E-state index in [0.717, 1.165) is 18.4 Å². The van der Waals surface area contributed by atoms with Gasteiger partial charge in [0.1, 0.15) is 5.75 Å². The lowest BCUT2D eigenvalue weighted by Gasteiger charge is -2.11. The molecule has 1 radical (unpaired) electrons. The van der Waals surface area contributed by atoms with Crippen LogP contribution in [0.1, 0.15) is 45.2 Å². The van der Waals surface area contributed by atoms with Crippen molar-refractivity contribution in [2.45, 2.75) is 40.5 Å². The molecule has 2 nitrogen and oxygen atoms in total. The van der Waals surface area contributed by atoms with Crippen molar-refractivity contribution < 1.29 is 9.53 Å². The van der Waals surface area contributed by atoms with E-state index in [1.54, 1.807) is 0 Å². The highest BCUT2D eigenvalue weighted by Crippen LogP contribution is 2.23. The van der Waals surface area contributed by atoms with Crippen molar-refractivity contribution >= 4 is 5.97 Å². The Labute approximate surface area is 97.6 Å².